The van der Waals surface area contributed by atoms with E-state index in [0.29, 0.717) is 37.4 Å². The van der Waals surface area contributed by atoms with E-state index in [-0.39, 0.29) is 15.6 Å². The van der Waals surface area contributed by atoms with E-state index in [4.69, 9.17) is 44.9 Å². The number of nitrogens with zero attached hydrogens (tertiary/aromatic N) is 2. The lowest BCUT2D eigenvalue weighted by molar-refractivity contribution is 0.0601. The highest BCUT2D eigenvalue weighted by molar-refractivity contribution is 9.10. The van der Waals surface area contributed by atoms with E-state index in [1.807, 2.05) is 6.07 Å². The van der Waals surface area contributed by atoms with Gasteiger partial charge in [-0.15, -0.1) is 11.3 Å². The van der Waals surface area contributed by atoms with E-state index < -0.39 is 11.9 Å². The van der Waals surface area contributed by atoms with Crippen LogP contribution < -0.4 is 10.6 Å². The van der Waals surface area contributed by atoms with E-state index in [1.165, 1.54) is 14.2 Å². The monoisotopic (exact) mass is 590 g/mol. The Bertz CT molecular complexity index is 1250. The van der Waals surface area contributed by atoms with Gasteiger partial charge in [0.2, 0.25) is 0 Å². The molecule has 2 heterocycles. The number of ether oxygens (including phenoxy) is 2. The molecule has 174 valence electrons. The molecule has 0 aliphatic carbocycles. The van der Waals surface area contributed by atoms with Crippen molar-refractivity contribution >= 4 is 90.6 Å². The summed E-state index contributed by atoms with van der Waals surface area (Å²) in [6.45, 7) is 2.05. The molecule has 0 unspecified atom stereocenters. The molecule has 0 atom stereocenters. The molecular weight excluding hydrogens is 575 g/mol. The Balaban J connectivity index is 1.79. The Morgan fingerprint density at radius 1 is 1.21 bits per heavy atom. The van der Waals surface area contributed by atoms with Gasteiger partial charge < -0.3 is 20.1 Å². The van der Waals surface area contributed by atoms with Gasteiger partial charge in [-0.3, -0.25) is 4.68 Å². The Kier molecular flexibility index (Phi) is 8.35. The second-order valence-electron chi connectivity index (χ2n) is 6.58. The van der Waals surface area contributed by atoms with Crippen LogP contribution in [-0.2, 0) is 16.0 Å². The Morgan fingerprint density at radius 3 is 2.55 bits per heavy atom. The van der Waals surface area contributed by atoms with E-state index in [1.54, 1.807) is 29.9 Å². The van der Waals surface area contributed by atoms with Gasteiger partial charge in [-0.1, -0.05) is 29.3 Å². The molecule has 33 heavy (non-hydrogen) atoms. The van der Waals surface area contributed by atoms with E-state index >= 15 is 0 Å². The van der Waals surface area contributed by atoms with Gasteiger partial charge in [-0.2, -0.15) is 5.10 Å². The number of esters is 2. The van der Waals surface area contributed by atoms with Gasteiger partial charge in [0, 0.05) is 16.2 Å². The van der Waals surface area contributed by atoms with Crippen molar-refractivity contribution in [1.29, 1.82) is 0 Å². The Labute approximate surface area is 217 Å². The van der Waals surface area contributed by atoms with Crippen molar-refractivity contribution < 1.29 is 19.1 Å². The van der Waals surface area contributed by atoms with E-state index in [0.717, 1.165) is 16.9 Å². The predicted molar refractivity (Wildman–Crippen MR) is 137 cm³/mol. The molecule has 0 amide bonds. The number of nitrogens with one attached hydrogen (secondary N) is 2. The van der Waals surface area contributed by atoms with Crippen LogP contribution in [0.1, 0.15) is 31.2 Å². The van der Waals surface area contributed by atoms with Crippen LogP contribution in [0.3, 0.4) is 0 Å². The van der Waals surface area contributed by atoms with E-state index in [2.05, 4.69) is 31.7 Å². The summed E-state index contributed by atoms with van der Waals surface area (Å²) in [5.41, 5.74) is 1.48. The molecule has 8 nitrogen and oxygen atoms in total. The number of anilines is 2. The SMILES string of the molecule is COC(=O)c1sc(NC(=S)Nc2nn(Cc3ccc(Cl)cc3Cl)cc2Br)c(C(=O)OC)c1C. The topological polar surface area (TPSA) is 94.5 Å². The number of carbonyl (C=O) groups excluding carboxylic acids is 2. The number of methoxy groups -OCH3 is 2. The predicted octanol–water partition coefficient (Wildman–Crippen LogP) is 5.75. The maximum atomic E-state index is 12.3. The maximum absolute atomic E-state index is 12.3. The summed E-state index contributed by atoms with van der Waals surface area (Å²) < 4.78 is 12.0. The van der Waals surface area contributed by atoms with Gasteiger partial charge in [-0.05, 0) is 58.3 Å². The first-order chi connectivity index (χ1) is 15.6. The summed E-state index contributed by atoms with van der Waals surface area (Å²) in [6, 6.07) is 5.25. The molecule has 0 aliphatic rings. The molecule has 0 aliphatic heterocycles. The third-order valence-electron chi connectivity index (χ3n) is 4.43. The van der Waals surface area contributed by atoms with Crippen LogP contribution in [0.2, 0.25) is 10.0 Å². The second kappa shape index (κ2) is 10.8. The van der Waals surface area contributed by atoms with Crippen molar-refractivity contribution in [2.75, 3.05) is 24.9 Å². The number of hydrogen-bond donors (Lipinski definition) is 2. The van der Waals surface area contributed by atoms with Crippen LogP contribution in [0.15, 0.2) is 28.9 Å². The van der Waals surface area contributed by atoms with Crippen LogP contribution >= 0.6 is 62.7 Å². The van der Waals surface area contributed by atoms with Gasteiger partial charge in [0.1, 0.15) is 9.88 Å². The van der Waals surface area contributed by atoms with Gasteiger partial charge in [0.05, 0.1) is 30.8 Å². The molecule has 0 saturated heterocycles. The molecule has 2 N–H and O–H groups in total. The molecular formula is C20H17BrCl2N4O4S2. The smallest absolute Gasteiger partial charge is 0.348 e. The van der Waals surface area contributed by atoms with Crippen LogP contribution in [0.5, 0.6) is 0 Å². The van der Waals surface area contributed by atoms with Crippen LogP contribution in [0, 0.1) is 6.92 Å². The lowest BCUT2D eigenvalue weighted by atomic mass is 10.1. The molecule has 2 aromatic heterocycles. The fourth-order valence-electron chi connectivity index (χ4n) is 2.87. The molecule has 0 fully saturated rings. The lowest BCUT2D eigenvalue weighted by Gasteiger charge is -2.09. The molecule has 13 heteroatoms. The average molecular weight is 592 g/mol. The van der Waals surface area contributed by atoms with E-state index in [9.17, 15) is 9.59 Å². The minimum Gasteiger partial charge on any atom is -0.465 e. The lowest BCUT2D eigenvalue weighted by Crippen LogP contribution is -2.20. The third kappa shape index (κ3) is 5.85. The molecule has 3 rings (SSSR count). The van der Waals surface area contributed by atoms with Crippen molar-refractivity contribution in [2.24, 2.45) is 0 Å². The highest BCUT2D eigenvalue weighted by Crippen LogP contribution is 2.34. The normalized spacial score (nSPS) is 10.6. The molecule has 3 aromatic rings. The number of halogens is 3. The average Bonchev–Trinajstić information content (AvgIpc) is 3.27. The zero-order valence-corrected chi connectivity index (χ0v) is 22.2. The van der Waals surface area contributed by atoms with Gasteiger partial charge in [-0.25, -0.2) is 9.59 Å². The summed E-state index contributed by atoms with van der Waals surface area (Å²) in [5, 5.41) is 12.0. The maximum Gasteiger partial charge on any atom is 0.348 e. The number of rotatable bonds is 6. The van der Waals surface area contributed by atoms with Gasteiger partial charge in [0.15, 0.2) is 10.9 Å². The van der Waals surface area contributed by atoms with Gasteiger partial charge >= 0.3 is 11.9 Å². The molecule has 0 spiro atoms. The Morgan fingerprint density at radius 2 is 1.91 bits per heavy atom. The van der Waals surface area contributed by atoms with Crippen molar-refractivity contribution in [3.63, 3.8) is 0 Å². The first-order valence-electron chi connectivity index (χ1n) is 9.19. The highest BCUT2D eigenvalue weighted by Gasteiger charge is 2.26. The standard InChI is InChI=1S/C20H17BrCl2N4O4S2/c1-9-14(18(28)30-2)17(33-15(9)19(29)31-3)25-20(32)24-16-12(21)8-27(26-16)7-10-4-5-11(22)6-13(10)23/h4-6,8H,7H2,1-3H3,(H2,24,25,26,32). The third-order valence-corrected chi connectivity index (χ3v) is 6.99. The van der Waals surface area contributed by atoms with Crippen molar-refractivity contribution in [1.82, 2.24) is 9.78 Å². The fraction of sp³-hybridized carbons (Fsp3) is 0.200. The summed E-state index contributed by atoms with van der Waals surface area (Å²) in [4.78, 5) is 24.6. The minimum atomic E-state index is -0.602. The van der Waals surface area contributed by atoms with Crippen molar-refractivity contribution in [3.8, 4) is 0 Å². The van der Waals surface area contributed by atoms with Crippen LogP contribution in [0.25, 0.3) is 0 Å². The van der Waals surface area contributed by atoms with Crippen molar-refractivity contribution in [3.05, 3.63) is 60.5 Å². The number of aromatic nitrogens is 2. The zero-order valence-electron chi connectivity index (χ0n) is 17.5. The number of carbonyl (C=O) groups is 2. The number of thiocarbonyl (C=S) groups is 1. The summed E-state index contributed by atoms with van der Waals surface area (Å²) >= 11 is 22.1. The number of hydrogen-bond acceptors (Lipinski definition) is 7. The number of thiophene rings is 1. The summed E-state index contributed by atoms with van der Waals surface area (Å²) in [7, 11) is 2.53. The molecule has 0 bridgehead atoms. The van der Waals surface area contributed by atoms with Crippen LogP contribution in [0.4, 0.5) is 10.8 Å². The fourth-order valence-corrected chi connectivity index (χ4v) is 5.13. The van der Waals surface area contributed by atoms with Crippen LogP contribution in [-0.4, -0.2) is 41.1 Å². The first-order valence-corrected chi connectivity index (χ1v) is 12.0. The Hall–Kier alpha value is -2.18. The highest BCUT2D eigenvalue weighted by atomic mass is 79.9. The second-order valence-corrected chi connectivity index (χ2v) is 9.71. The van der Waals surface area contributed by atoms with Gasteiger partial charge in [0.25, 0.3) is 0 Å². The molecule has 0 saturated carbocycles. The molecule has 0 radical (unpaired) electrons. The summed E-state index contributed by atoms with van der Waals surface area (Å²) in [5.74, 6) is -0.717. The largest absolute Gasteiger partial charge is 0.465 e. The summed E-state index contributed by atoms with van der Waals surface area (Å²) in [6.07, 6.45) is 1.76. The van der Waals surface area contributed by atoms with Crippen molar-refractivity contribution in [2.45, 2.75) is 13.5 Å². The zero-order chi connectivity index (χ0) is 24.3. The molecule has 1 aromatic carbocycles. The minimum absolute atomic E-state index is 0.160. The quantitative estimate of drug-likeness (QED) is 0.276. The number of benzene rings is 1. The first kappa shape index (κ1) is 25.4.